The molecule has 0 aromatic heterocycles. The number of halogens is 2. The average Bonchev–Trinajstić information content (AvgIpc) is 2.71. The molecule has 2 rings (SSSR count). The van der Waals surface area contributed by atoms with Crippen LogP contribution in [0.15, 0.2) is 42.5 Å². The first-order valence-electron chi connectivity index (χ1n) is 10.4. The van der Waals surface area contributed by atoms with Gasteiger partial charge in [0.05, 0.1) is 11.9 Å². The maximum Gasteiger partial charge on any atom is 0.244 e. The summed E-state index contributed by atoms with van der Waals surface area (Å²) >= 11 is 6.17. The molecular formula is C23H29ClFN3O4S. The first-order chi connectivity index (χ1) is 15.3. The van der Waals surface area contributed by atoms with Gasteiger partial charge in [-0.15, -0.1) is 0 Å². The second-order valence-corrected chi connectivity index (χ2v) is 10.5. The molecule has 2 amide bonds. The fourth-order valence-corrected chi connectivity index (χ4v) is 4.14. The van der Waals surface area contributed by atoms with Gasteiger partial charge in [0.15, 0.2) is 0 Å². The fraction of sp³-hybridized carbons (Fsp3) is 0.391. The van der Waals surface area contributed by atoms with Crippen molar-refractivity contribution in [3.63, 3.8) is 0 Å². The number of carbonyl (C=O) groups is 2. The van der Waals surface area contributed by atoms with Crippen molar-refractivity contribution in [2.75, 3.05) is 17.1 Å². The third-order valence-electron chi connectivity index (χ3n) is 4.99. The lowest BCUT2D eigenvalue weighted by molar-refractivity contribution is -0.139. The van der Waals surface area contributed by atoms with Crippen LogP contribution in [-0.4, -0.2) is 50.0 Å². The van der Waals surface area contributed by atoms with Gasteiger partial charge in [-0.2, -0.15) is 0 Å². The summed E-state index contributed by atoms with van der Waals surface area (Å²) in [6.07, 6.45) is 0.993. The molecule has 0 heterocycles. The molecule has 0 saturated heterocycles. The molecule has 33 heavy (non-hydrogen) atoms. The maximum atomic E-state index is 13.4. The van der Waals surface area contributed by atoms with Gasteiger partial charge in [-0.3, -0.25) is 13.9 Å². The van der Waals surface area contributed by atoms with Gasteiger partial charge < -0.3 is 10.2 Å². The minimum atomic E-state index is -3.84. The van der Waals surface area contributed by atoms with E-state index in [9.17, 15) is 22.4 Å². The van der Waals surface area contributed by atoms with Crippen LogP contribution in [0.1, 0.15) is 31.9 Å². The predicted octanol–water partition coefficient (Wildman–Crippen LogP) is 3.50. The largest absolute Gasteiger partial charge is 0.352 e. The zero-order chi connectivity index (χ0) is 24.9. The molecule has 0 fully saturated rings. The Morgan fingerprint density at radius 1 is 1.09 bits per heavy atom. The van der Waals surface area contributed by atoms with Gasteiger partial charge in [0.1, 0.15) is 18.4 Å². The van der Waals surface area contributed by atoms with E-state index < -0.39 is 34.3 Å². The van der Waals surface area contributed by atoms with Crippen molar-refractivity contribution in [1.29, 1.82) is 0 Å². The van der Waals surface area contributed by atoms with Gasteiger partial charge in [-0.1, -0.05) is 29.8 Å². The first kappa shape index (κ1) is 26.6. The zero-order valence-electron chi connectivity index (χ0n) is 19.3. The molecule has 0 aliphatic heterocycles. The van der Waals surface area contributed by atoms with Crippen molar-refractivity contribution in [3.8, 4) is 0 Å². The number of hydrogen-bond donors (Lipinski definition) is 1. The number of nitrogens with one attached hydrogen (secondary N) is 1. The number of amides is 2. The molecule has 7 nitrogen and oxygen atoms in total. The van der Waals surface area contributed by atoms with Crippen LogP contribution in [0.4, 0.5) is 10.1 Å². The summed E-state index contributed by atoms with van der Waals surface area (Å²) in [4.78, 5) is 27.3. The Bertz CT molecular complexity index is 1110. The highest BCUT2D eigenvalue weighted by Crippen LogP contribution is 2.25. The number of hydrogen-bond acceptors (Lipinski definition) is 4. The Balaban J connectivity index is 2.40. The molecule has 0 aliphatic carbocycles. The van der Waals surface area contributed by atoms with E-state index in [-0.39, 0.29) is 24.2 Å². The Kier molecular flexibility index (Phi) is 8.85. The van der Waals surface area contributed by atoms with Crippen molar-refractivity contribution < 1.29 is 22.4 Å². The lowest BCUT2D eigenvalue weighted by Crippen LogP contribution is -2.52. The van der Waals surface area contributed by atoms with Gasteiger partial charge in [0.25, 0.3) is 0 Å². The highest BCUT2D eigenvalue weighted by Gasteiger charge is 2.30. The number of benzene rings is 2. The molecule has 0 radical (unpaired) electrons. The molecule has 2 aromatic carbocycles. The normalized spacial score (nSPS) is 12.4. The number of carbonyl (C=O) groups excluding carboxylic acids is 2. The highest BCUT2D eigenvalue weighted by molar-refractivity contribution is 7.92. The first-order valence-corrected chi connectivity index (χ1v) is 12.6. The number of rotatable bonds is 9. The van der Waals surface area contributed by atoms with E-state index in [0.29, 0.717) is 10.6 Å². The predicted molar refractivity (Wildman–Crippen MR) is 128 cm³/mol. The topological polar surface area (TPSA) is 86.8 Å². The van der Waals surface area contributed by atoms with Crippen LogP contribution in [0.2, 0.25) is 5.02 Å². The molecule has 0 bridgehead atoms. The van der Waals surface area contributed by atoms with Crippen LogP contribution in [0.5, 0.6) is 0 Å². The maximum absolute atomic E-state index is 13.4. The molecule has 1 N–H and O–H groups in total. The Morgan fingerprint density at radius 2 is 1.70 bits per heavy atom. The summed E-state index contributed by atoms with van der Waals surface area (Å²) in [5.41, 5.74) is 1.60. The number of sulfonamides is 1. The molecule has 0 saturated carbocycles. The third kappa shape index (κ3) is 7.43. The van der Waals surface area contributed by atoms with E-state index in [1.54, 1.807) is 39.8 Å². The summed E-state index contributed by atoms with van der Waals surface area (Å²) in [5, 5.41) is 3.12. The SMILES string of the molecule is Cc1ccc(N(CC(=O)N(Cc2ccc(F)cc2)[C@H](C)C(=O)NC(C)C)S(C)(=O)=O)cc1Cl. The van der Waals surface area contributed by atoms with E-state index in [2.05, 4.69) is 5.32 Å². The van der Waals surface area contributed by atoms with Crippen LogP contribution in [0, 0.1) is 12.7 Å². The second kappa shape index (κ2) is 11.0. The van der Waals surface area contributed by atoms with Crippen molar-refractivity contribution in [2.45, 2.75) is 46.3 Å². The molecule has 2 aromatic rings. The summed E-state index contributed by atoms with van der Waals surface area (Å²) in [6.45, 7) is 6.40. The average molecular weight is 498 g/mol. The number of nitrogens with zero attached hydrogens (tertiary/aromatic N) is 2. The van der Waals surface area contributed by atoms with Crippen LogP contribution in [-0.2, 0) is 26.2 Å². The standard InChI is InChI=1S/C23H29ClFN3O4S/c1-15(2)26-23(30)17(4)27(13-18-7-9-19(25)10-8-18)22(29)14-28(33(5,31)32)20-11-6-16(3)21(24)12-20/h6-12,15,17H,13-14H2,1-5H3,(H,26,30)/t17-/m1/s1. The van der Waals surface area contributed by atoms with Crippen LogP contribution < -0.4 is 9.62 Å². The van der Waals surface area contributed by atoms with Crippen molar-refractivity contribution in [2.24, 2.45) is 0 Å². The van der Waals surface area contributed by atoms with E-state index in [1.165, 1.54) is 35.2 Å². The monoisotopic (exact) mass is 497 g/mol. The van der Waals surface area contributed by atoms with Gasteiger partial charge >= 0.3 is 0 Å². The van der Waals surface area contributed by atoms with Gasteiger partial charge in [0, 0.05) is 17.6 Å². The molecular weight excluding hydrogens is 469 g/mol. The molecule has 0 unspecified atom stereocenters. The number of anilines is 1. The minimum Gasteiger partial charge on any atom is -0.352 e. The molecule has 180 valence electrons. The van der Waals surface area contributed by atoms with Crippen LogP contribution >= 0.6 is 11.6 Å². The molecule has 0 spiro atoms. The quantitative estimate of drug-likeness (QED) is 0.574. The lowest BCUT2D eigenvalue weighted by Gasteiger charge is -2.32. The zero-order valence-corrected chi connectivity index (χ0v) is 20.9. The summed E-state index contributed by atoms with van der Waals surface area (Å²) < 4.78 is 39.3. The summed E-state index contributed by atoms with van der Waals surface area (Å²) in [5.74, 6) is -1.40. The van der Waals surface area contributed by atoms with Crippen molar-refractivity contribution >= 4 is 39.1 Å². The smallest absolute Gasteiger partial charge is 0.244 e. The van der Waals surface area contributed by atoms with Crippen LogP contribution in [0.3, 0.4) is 0 Å². The molecule has 10 heteroatoms. The summed E-state index contributed by atoms with van der Waals surface area (Å²) in [7, 11) is -3.84. The van der Waals surface area contributed by atoms with Gasteiger partial charge in [-0.25, -0.2) is 12.8 Å². The minimum absolute atomic E-state index is 0.00193. The van der Waals surface area contributed by atoms with Crippen molar-refractivity contribution in [1.82, 2.24) is 10.2 Å². The van der Waals surface area contributed by atoms with Crippen LogP contribution in [0.25, 0.3) is 0 Å². The lowest BCUT2D eigenvalue weighted by atomic mass is 10.1. The van der Waals surface area contributed by atoms with Gasteiger partial charge in [-0.05, 0) is 63.1 Å². The fourth-order valence-electron chi connectivity index (χ4n) is 3.12. The van der Waals surface area contributed by atoms with Gasteiger partial charge in [0.2, 0.25) is 21.8 Å². The Morgan fingerprint density at radius 3 is 2.21 bits per heavy atom. The third-order valence-corrected chi connectivity index (χ3v) is 6.53. The van der Waals surface area contributed by atoms with E-state index >= 15 is 0 Å². The molecule has 1 atom stereocenters. The number of aryl methyl sites for hydroxylation is 1. The van der Waals surface area contributed by atoms with Crippen molar-refractivity contribution in [3.05, 3.63) is 64.4 Å². The van der Waals surface area contributed by atoms with E-state index in [0.717, 1.165) is 16.1 Å². The molecule has 0 aliphatic rings. The van der Waals surface area contributed by atoms with E-state index in [1.807, 2.05) is 0 Å². The van der Waals surface area contributed by atoms with E-state index in [4.69, 9.17) is 11.6 Å². The summed E-state index contributed by atoms with van der Waals surface area (Å²) in [6, 6.07) is 9.20. The second-order valence-electron chi connectivity index (χ2n) is 8.19. The Labute approximate surface area is 199 Å². The highest BCUT2D eigenvalue weighted by atomic mass is 35.5. The Hall–Kier alpha value is -2.65.